The van der Waals surface area contributed by atoms with Gasteiger partial charge >= 0.3 is 39.5 Å². The number of hydrogen-bond donors (Lipinski definition) is 3. The van der Waals surface area contributed by atoms with Crippen LogP contribution in [-0.2, 0) is 65.4 Å². The fraction of sp³-hybridized carbons (Fsp3) is 0.950. The van der Waals surface area contributed by atoms with Crippen LogP contribution < -0.4 is 0 Å². The van der Waals surface area contributed by atoms with Gasteiger partial charge in [-0.15, -0.1) is 0 Å². The number of phosphoric ester groups is 2. The van der Waals surface area contributed by atoms with Gasteiger partial charge in [0.1, 0.15) is 19.3 Å². The maximum Gasteiger partial charge on any atom is 0.472 e. The van der Waals surface area contributed by atoms with Crippen molar-refractivity contribution in [3.8, 4) is 0 Å². The lowest BCUT2D eigenvalue weighted by molar-refractivity contribution is -0.161. The minimum Gasteiger partial charge on any atom is -0.462 e. The van der Waals surface area contributed by atoms with Crippen molar-refractivity contribution in [3.05, 3.63) is 0 Å². The third-order valence-corrected chi connectivity index (χ3v) is 21.6. The zero-order chi connectivity index (χ0) is 73.1. The van der Waals surface area contributed by atoms with Crippen LogP contribution >= 0.6 is 15.6 Å². The number of ether oxygens (including phenoxy) is 4. The zero-order valence-corrected chi connectivity index (χ0v) is 66.9. The molecule has 0 amide bonds. The summed E-state index contributed by atoms with van der Waals surface area (Å²) in [5.74, 6) is 1.06. The fourth-order valence-electron chi connectivity index (χ4n) is 12.2. The Morgan fingerprint density at radius 2 is 0.485 bits per heavy atom. The first-order valence-electron chi connectivity index (χ1n) is 41.3. The van der Waals surface area contributed by atoms with E-state index in [1.807, 2.05) is 0 Å². The average molecular weight is 1450 g/mol. The number of hydrogen-bond acceptors (Lipinski definition) is 15. The van der Waals surface area contributed by atoms with Gasteiger partial charge < -0.3 is 33.8 Å². The molecular formula is C80H156O17P2. The molecule has 0 rings (SSSR count). The third kappa shape index (κ3) is 70.2. The molecule has 17 nitrogen and oxygen atoms in total. The van der Waals surface area contributed by atoms with Gasteiger partial charge in [-0.3, -0.25) is 37.3 Å². The molecule has 588 valence electrons. The Morgan fingerprint density at radius 3 is 0.717 bits per heavy atom. The predicted molar refractivity (Wildman–Crippen MR) is 404 cm³/mol. The van der Waals surface area contributed by atoms with E-state index < -0.39 is 97.5 Å². The molecule has 19 heteroatoms. The number of unbranched alkanes of at least 4 members (excludes halogenated alkanes) is 40. The number of aliphatic hydroxyl groups is 1. The van der Waals surface area contributed by atoms with Crippen molar-refractivity contribution in [2.75, 3.05) is 39.6 Å². The van der Waals surface area contributed by atoms with E-state index in [4.69, 9.17) is 37.0 Å². The van der Waals surface area contributed by atoms with Crippen LogP contribution in [0.15, 0.2) is 0 Å². The lowest BCUT2D eigenvalue weighted by Gasteiger charge is -2.21. The third-order valence-electron chi connectivity index (χ3n) is 19.7. The minimum atomic E-state index is -4.96. The largest absolute Gasteiger partial charge is 0.472 e. The van der Waals surface area contributed by atoms with Gasteiger partial charge in [0, 0.05) is 25.7 Å². The van der Waals surface area contributed by atoms with E-state index in [-0.39, 0.29) is 25.7 Å². The van der Waals surface area contributed by atoms with Crippen LogP contribution in [-0.4, -0.2) is 96.7 Å². The molecule has 8 atom stereocenters. The lowest BCUT2D eigenvalue weighted by Crippen LogP contribution is -2.30. The molecule has 0 aromatic carbocycles. The number of esters is 4. The van der Waals surface area contributed by atoms with Gasteiger partial charge in [0.15, 0.2) is 12.2 Å². The van der Waals surface area contributed by atoms with Crippen molar-refractivity contribution in [1.29, 1.82) is 0 Å². The standard InChI is InChI=1S/C80H156O17P2/c1-9-71(6)57-49-41-33-27-20-16-12-14-18-22-30-36-46-54-62-79(84)96-75(66-90-77(82)60-52-44-35-29-25-24-26-32-40-48-56-70(4)5)68-94-98(86,87)92-64-74(81)65-93-99(88,89)95-69-76(67-91-78(83)61-53-45-39-38-43-51-59-73(8)11-3)97-80(85)63-55-47-37-31-23-19-15-13-17-21-28-34-42-50-58-72(7)10-2/h70-76,81H,9-69H2,1-8H3,(H,86,87)(H,88,89)/t71?,72?,73?,74-,75-,76-/m1/s1. The molecule has 0 bridgehead atoms. The van der Waals surface area contributed by atoms with Crippen molar-refractivity contribution < 1.29 is 80.2 Å². The molecule has 0 saturated heterocycles. The minimum absolute atomic E-state index is 0.106. The highest BCUT2D eigenvalue weighted by atomic mass is 31.2. The van der Waals surface area contributed by atoms with Gasteiger partial charge in [-0.1, -0.05) is 357 Å². The summed E-state index contributed by atoms with van der Waals surface area (Å²) in [7, 11) is -9.92. The highest BCUT2D eigenvalue weighted by Crippen LogP contribution is 2.45. The summed E-state index contributed by atoms with van der Waals surface area (Å²) in [5, 5.41) is 10.6. The number of phosphoric acid groups is 2. The van der Waals surface area contributed by atoms with E-state index in [0.29, 0.717) is 25.7 Å². The van der Waals surface area contributed by atoms with Crippen molar-refractivity contribution in [2.45, 2.75) is 427 Å². The van der Waals surface area contributed by atoms with E-state index in [0.717, 1.165) is 120 Å². The maximum absolute atomic E-state index is 13.1. The number of rotatable bonds is 77. The molecule has 99 heavy (non-hydrogen) atoms. The number of carbonyl (C=O) groups excluding carboxylic acids is 4. The molecule has 0 spiro atoms. The van der Waals surface area contributed by atoms with Crippen LogP contribution in [0.4, 0.5) is 0 Å². The van der Waals surface area contributed by atoms with Crippen molar-refractivity contribution in [1.82, 2.24) is 0 Å². The maximum atomic E-state index is 13.1. The van der Waals surface area contributed by atoms with Crippen molar-refractivity contribution in [2.24, 2.45) is 23.7 Å². The summed E-state index contributed by atoms with van der Waals surface area (Å²) in [6, 6.07) is 0. The SMILES string of the molecule is CCC(C)CCCCCCCCCCCCCCCCC(=O)O[C@H](COC(=O)CCCCCCCCCCCCC(C)C)COP(=O)(O)OC[C@@H](O)COP(=O)(O)OC[C@@H](COC(=O)CCCCCCCCC(C)CC)OC(=O)CCCCCCCCCCCCCCCCC(C)CC. The summed E-state index contributed by atoms with van der Waals surface area (Å²) < 4.78 is 68.7. The summed E-state index contributed by atoms with van der Waals surface area (Å²) >= 11 is 0. The molecule has 0 saturated carbocycles. The first-order chi connectivity index (χ1) is 47.7. The van der Waals surface area contributed by atoms with Gasteiger partial charge in [0.25, 0.3) is 0 Å². The second-order valence-electron chi connectivity index (χ2n) is 30.0. The summed E-state index contributed by atoms with van der Waals surface area (Å²) in [5.41, 5.74) is 0. The van der Waals surface area contributed by atoms with E-state index in [9.17, 15) is 43.2 Å². The Hall–Kier alpha value is -1.94. The molecule has 0 aliphatic carbocycles. The summed E-state index contributed by atoms with van der Waals surface area (Å²) in [6.45, 7) is 14.3. The Balaban J connectivity index is 5.24. The summed E-state index contributed by atoms with van der Waals surface area (Å²) in [4.78, 5) is 73.0. The quantitative estimate of drug-likeness (QED) is 0.0222. The van der Waals surface area contributed by atoms with Crippen LogP contribution in [0.2, 0.25) is 0 Å². The van der Waals surface area contributed by atoms with Crippen LogP contribution in [0, 0.1) is 23.7 Å². The van der Waals surface area contributed by atoms with Crippen LogP contribution in [0.5, 0.6) is 0 Å². The Kier molecular flexibility index (Phi) is 67.8. The lowest BCUT2D eigenvalue weighted by atomic mass is 9.99. The molecule has 0 radical (unpaired) electrons. The zero-order valence-electron chi connectivity index (χ0n) is 65.1. The van der Waals surface area contributed by atoms with Gasteiger partial charge in [0.05, 0.1) is 26.4 Å². The molecule has 0 aromatic heterocycles. The average Bonchev–Trinajstić information content (AvgIpc) is 1.18. The van der Waals surface area contributed by atoms with Crippen LogP contribution in [0.1, 0.15) is 409 Å². The molecule has 0 aromatic rings. The molecule has 0 heterocycles. The number of carbonyl (C=O) groups is 4. The highest BCUT2D eigenvalue weighted by Gasteiger charge is 2.30. The van der Waals surface area contributed by atoms with Crippen molar-refractivity contribution >= 4 is 39.5 Å². The molecule has 0 aliphatic heterocycles. The van der Waals surface area contributed by atoms with E-state index >= 15 is 0 Å². The van der Waals surface area contributed by atoms with Gasteiger partial charge in [-0.2, -0.15) is 0 Å². The normalized spacial score (nSPS) is 14.9. The highest BCUT2D eigenvalue weighted by molar-refractivity contribution is 7.47. The summed E-state index contributed by atoms with van der Waals surface area (Å²) in [6.07, 6.45) is 55.4. The molecule has 3 N–H and O–H groups in total. The monoisotopic (exact) mass is 1450 g/mol. The Bertz CT molecular complexity index is 1940. The van der Waals surface area contributed by atoms with Crippen LogP contribution in [0.25, 0.3) is 0 Å². The second-order valence-corrected chi connectivity index (χ2v) is 32.9. The number of aliphatic hydroxyl groups excluding tert-OH is 1. The molecule has 5 unspecified atom stereocenters. The fourth-order valence-corrected chi connectivity index (χ4v) is 13.7. The van der Waals surface area contributed by atoms with Crippen molar-refractivity contribution in [3.63, 3.8) is 0 Å². The first kappa shape index (κ1) is 97.1. The topological polar surface area (TPSA) is 237 Å². The first-order valence-corrected chi connectivity index (χ1v) is 44.3. The van der Waals surface area contributed by atoms with E-state index in [1.54, 1.807) is 0 Å². The predicted octanol–water partition coefficient (Wildman–Crippen LogP) is 23.6. The van der Waals surface area contributed by atoms with Gasteiger partial charge in [-0.25, -0.2) is 9.13 Å². The van der Waals surface area contributed by atoms with Gasteiger partial charge in [0.2, 0.25) is 0 Å². The molecular weight excluding hydrogens is 1290 g/mol. The molecule has 0 fully saturated rings. The molecule has 0 aliphatic rings. The second kappa shape index (κ2) is 69.1. The van der Waals surface area contributed by atoms with Gasteiger partial charge in [-0.05, 0) is 49.4 Å². The smallest absolute Gasteiger partial charge is 0.462 e. The van der Waals surface area contributed by atoms with E-state index in [2.05, 4.69) is 55.4 Å². The Morgan fingerprint density at radius 1 is 0.283 bits per heavy atom. The van der Waals surface area contributed by atoms with Crippen LogP contribution in [0.3, 0.4) is 0 Å². The van der Waals surface area contributed by atoms with E-state index in [1.165, 1.54) is 205 Å². The Labute approximate surface area is 607 Å².